The summed E-state index contributed by atoms with van der Waals surface area (Å²) in [5.41, 5.74) is 2.31. The number of aliphatic imine (C=N–C) groups is 1. The van der Waals surface area contributed by atoms with Gasteiger partial charge in [0.15, 0.2) is 6.67 Å². The number of rotatable bonds is 1. The van der Waals surface area contributed by atoms with Gasteiger partial charge in [0.2, 0.25) is 4.61 Å². The molecule has 1 fully saturated rings. The van der Waals surface area contributed by atoms with Gasteiger partial charge < -0.3 is 14.5 Å². The molecule has 3 aliphatic rings. The van der Waals surface area contributed by atoms with E-state index in [0.717, 1.165) is 49.1 Å². The lowest BCUT2D eigenvalue weighted by Crippen LogP contribution is -3.13. The van der Waals surface area contributed by atoms with Crippen LogP contribution in [0.5, 0.6) is 0 Å². The summed E-state index contributed by atoms with van der Waals surface area (Å²) < 4.78 is 6.58. The Hall–Kier alpha value is -0.850. The molecule has 0 aromatic carbocycles. The average molecular weight is 314 g/mol. The van der Waals surface area contributed by atoms with Crippen LogP contribution in [0.4, 0.5) is 0 Å². The zero-order valence-corrected chi connectivity index (χ0v) is 12.3. The minimum atomic E-state index is 0.803. The fourth-order valence-electron chi connectivity index (χ4n) is 2.56. The van der Waals surface area contributed by atoms with Crippen molar-refractivity contribution in [2.75, 3.05) is 40.0 Å². The molecule has 6 heteroatoms. The van der Waals surface area contributed by atoms with E-state index >= 15 is 0 Å². The predicted molar refractivity (Wildman–Crippen MR) is 73.1 cm³/mol. The highest BCUT2D eigenvalue weighted by Gasteiger charge is 2.38. The van der Waals surface area contributed by atoms with E-state index in [4.69, 9.17) is 9.73 Å². The van der Waals surface area contributed by atoms with Crippen molar-refractivity contribution < 1.29 is 9.64 Å². The van der Waals surface area contributed by atoms with E-state index in [1.54, 1.807) is 0 Å². The van der Waals surface area contributed by atoms with Gasteiger partial charge in [-0.1, -0.05) is 0 Å². The third-order valence-electron chi connectivity index (χ3n) is 3.49. The van der Waals surface area contributed by atoms with Gasteiger partial charge in [0.05, 0.1) is 13.2 Å². The first-order valence-electron chi connectivity index (χ1n) is 6.23. The zero-order valence-electron chi connectivity index (χ0n) is 10.7. The van der Waals surface area contributed by atoms with Crippen molar-refractivity contribution in [2.24, 2.45) is 4.99 Å². The monoisotopic (exact) mass is 313 g/mol. The van der Waals surface area contributed by atoms with Crippen LogP contribution in [0, 0.1) is 0 Å². The number of ether oxygens (including phenoxy) is 1. The van der Waals surface area contributed by atoms with Gasteiger partial charge in [-0.2, -0.15) is 4.99 Å². The van der Waals surface area contributed by atoms with Gasteiger partial charge in [0.1, 0.15) is 11.4 Å². The summed E-state index contributed by atoms with van der Waals surface area (Å²) in [5.74, 6) is 1.14. The number of halogens is 1. The first-order valence-corrected chi connectivity index (χ1v) is 7.03. The number of nitrogens with zero attached hydrogens (tertiary/aromatic N) is 3. The third-order valence-corrected chi connectivity index (χ3v) is 4.54. The molecular weight excluding hydrogens is 296 g/mol. The van der Waals surface area contributed by atoms with Crippen LogP contribution < -0.4 is 4.90 Å². The Bertz CT molecular complexity index is 451. The average Bonchev–Trinajstić information content (AvgIpc) is 2.66. The molecule has 3 heterocycles. The number of quaternary nitrogens is 1. The summed E-state index contributed by atoms with van der Waals surface area (Å²) in [5, 5.41) is 0. The molecule has 1 atom stereocenters. The maximum absolute atomic E-state index is 5.42. The number of nitrogens with one attached hydrogen (secondary N) is 1. The highest BCUT2D eigenvalue weighted by Crippen LogP contribution is 2.19. The molecule has 5 nitrogen and oxygen atoms in total. The van der Waals surface area contributed by atoms with E-state index in [2.05, 4.69) is 45.9 Å². The Morgan fingerprint density at radius 3 is 2.83 bits per heavy atom. The quantitative estimate of drug-likeness (QED) is 0.689. The van der Waals surface area contributed by atoms with E-state index < -0.39 is 0 Å². The Labute approximate surface area is 116 Å². The lowest BCUT2D eigenvalue weighted by molar-refractivity contribution is -0.763. The van der Waals surface area contributed by atoms with Crippen molar-refractivity contribution in [3.63, 3.8) is 0 Å². The number of hydrogen-bond donors (Lipinski definition) is 1. The molecular formula is C12H18BrN4O+. The standard InChI is InChI=1S/C12H17BrN4O/c1-9-11(13)17-8-15(2)7-10(12(17)14-9)16-3-5-18-6-4-16/h7H,3-6,8H2,1-2H3/p+1. The summed E-state index contributed by atoms with van der Waals surface area (Å²) >= 11 is 3.66. The van der Waals surface area contributed by atoms with Crippen molar-refractivity contribution in [1.82, 2.24) is 9.80 Å². The van der Waals surface area contributed by atoms with Crippen LogP contribution in [-0.4, -0.2) is 55.7 Å². The second kappa shape index (κ2) is 4.68. The minimum absolute atomic E-state index is 0.803. The van der Waals surface area contributed by atoms with Crippen molar-refractivity contribution in [2.45, 2.75) is 6.92 Å². The van der Waals surface area contributed by atoms with Gasteiger partial charge in [-0.25, -0.2) is 4.90 Å². The smallest absolute Gasteiger partial charge is 0.258 e. The van der Waals surface area contributed by atoms with E-state index in [9.17, 15) is 0 Å². The summed E-state index contributed by atoms with van der Waals surface area (Å²) in [7, 11) is 2.11. The number of morpholine rings is 1. The van der Waals surface area contributed by atoms with E-state index in [0.29, 0.717) is 0 Å². The SMILES string of the molecule is CC1=C(Br)[NH+]2CN(C)C=C(N3CCOCC3)C2=N1. The largest absolute Gasteiger partial charge is 0.378 e. The van der Waals surface area contributed by atoms with Crippen LogP contribution >= 0.6 is 15.9 Å². The molecule has 1 N–H and O–H groups in total. The van der Waals surface area contributed by atoms with Gasteiger partial charge >= 0.3 is 0 Å². The lowest BCUT2D eigenvalue weighted by atomic mass is 10.2. The van der Waals surface area contributed by atoms with Crippen LogP contribution in [0.1, 0.15) is 6.92 Å². The highest BCUT2D eigenvalue weighted by molar-refractivity contribution is 9.11. The van der Waals surface area contributed by atoms with Gasteiger partial charge in [-0.15, -0.1) is 0 Å². The van der Waals surface area contributed by atoms with E-state index in [-0.39, 0.29) is 0 Å². The molecule has 98 valence electrons. The summed E-state index contributed by atoms with van der Waals surface area (Å²) in [6, 6.07) is 0. The fourth-order valence-corrected chi connectivity index (χ4v) is 2.97. The molecule has 0 aromatic rings. The van der Waals surface area contributed by atoms with Gasteiger partial charge in [-0.3, -0.25) is 0 Å². The second-order valence-corrected chi connectivity index (χ2v) is 5.66. The van der Waals surface area contributed by atoms with Crippen molar-refractivity contribution in [3.05, 3.63) is 22.2 Å². The Morgan fingerprint density at radius 2 is 2.11 bits per heavy atom. The molecule has 0 saturated carbocycles. The number of fused-ring (bicyclic) bond motifs is 1. The van der Waals surface area contributed by atoms with Gasteiger partial charge in [0.25, 0.3) is 5.84 Å². The molecule has 1 unspecified atom stereocenters. The first kappa shape index (κ1) is 12.2. The topological polar surface area (TPSA) is 32.5 Å². The van der Waals surface area contributed by atoms with Crippen LogP contribution in [0.15, 0.2) is 27.2 Å². The summed E-state index contributed by atoms with van der Waals surface area (Å²) in [4.78, 5) is 10.6. The van der Waals surface area contributed by atoms with Crippen LogP contribution in [0.3, 0.4) is 0 Å². The predicted octanol–water partition coefficient (Wildman–Crippen LogP) is -0.0562. The molecule has 0 bridgehead atoms. The zero-order chi connectivity index (χ0) is 12.7. The molecule has 0 amide bonds. The van der Waals surface area contributed by atoms with E-state index in [1.807, 2.05) is 0 Å². The number of amidine groups is 1. The van der Waals surface area contributed by atoms with E-state index in [1.165, 1.54) is 10.6 Å². The summed E-state index contributed by atoms with van der Waals surface area (Å²) in [6.45, 7) is 6.48. The fraction of sp³-hybridized carbons (Fsp3) is 0.583. The Morgan fingerprint density at radius 1 is 1.39 bits per heavy atom. The van der Waals surface area contributed by atoms with Gasteiger partial charge in [-0.05, 0) is 6.92 Å². The second-order valence-electron chi connectivity index (χ2n) is 4.87. The maximum atomic E-state index is 5.42. The van der Waals surface area contributed by atoms with Crippen molar-refractivity contribution in [3.8, 4) is 0 Å². The third kappa shape index (κ3) is 1.98. The molecule has 0 radical (unpaired) electrons. The first-order chi connectivity index (χ1) is 8.66. The van der Waals surface area contributed by atoms with Crippen LogP contribution in [0.2, 0.25) is 0 Å². The molecule has 3 aliphatic heterocycles. The lowest BCUT2D eigenvalue weighted by Gasteiger charge is -2.35. The molecule has 1 saturated heterocycles. The van der Waals surface area contributed by atoms with Crippen molar-refractivity contribution in [1.29, 1.82) is 0 Å². The van der Waals surface area contributed by atoms with Gasteiger partial charge in [0, 0.05) is 42.3 Å². The summed E-state index contributed by atoms with van der Waals surface area (Å²) in [6.07, 6.45) is 2.20. The molecule has 0 spiro atoms. The minimum Gasteiger partial charge on any atom is -0.378 e. The highest BCUT2D eigenvalue weighted by atomic mass is 79.9. The Balaban J connectivity index is 1.91. The number of hydrogen-bond acceptors (Lipinski definition) is 4. The van der Waals surface area contributed by atoms with Crippen molar-refractivity contribution >= 4 is 21.8 Å². The molecule has 18 heavy (non-hydrogen) atoms. The van der Waals surface area contributed by atoms with Crippen LogP contribution in [0.25, 0.3) is 0 Å². The maximum Gasteiger partial charge on any atom is 0.258 e. The van der Waals surface area contributed by atoms with Crippen LogP contribution in [-0.2, 0) is 4.74 Å². The number of allylic oxidation sites excluding steroid dienone is 1. The normalized spacial score (nSPS) is 28.3. The molecule has 3 rings (SSSR count). The Kier molecular flexibility index (Phi) is 3.17. The molecule has 0 aliphatic carbocycles. The molecule has 0 aromatic heterocycles.